The van der Waals surface area contributed by atoms with Crippen molar-refractivity contribution in [2.45, 2.75) is 37.2 Å². The zero-order valence-electron chi connectivity index (χ0n) is 18.4. The van der Waals surface area contributed by atoms with Crippen molar-refractivity contribution < 1.29 is 19.2 Å². The highest BCUT2D eigenvalue weighted by atomic mass is 32.2. The van der Waals surface area contributed by atoms with E-state index in [0.717, 1.165) is 52.0 Å². The monoisotopic (exact) mass is 461 g/mol. The molecule has 9 heteroatoms. The Balaban J connectivity index is 1.36. The first-order chi connectivity index (χ1) is 16.0. The summed E-state index contributed by atoms with van der Waals surface area (Å²) in [5.74, 6) is 0.527. The molecule has 0 fully saturated rings. The van der Waals surface area contributed by atoms with Gasteiger partial charge in [0.1, 0.15) is 0 Å². The molecule has 2 heterocycles. The van der Waals surface area contributed by atoms with E-state index in [4.69, 9.17) is 9.39 Å². The summed E-state index contributed by atoms with van der Waals surface area (Å²) in [7, 11) is 0.696. The Labute approximate surface area is 197 Å². The van der Waals surface area contributed by atoms with E-state index in [1.54, 1.807) is 13.3 Å². The topological polar surface area (TPSA) is 92.7 Å². The van der Waals surface area contributed by atoms with Crippen LogP contribution in [0.25, 0.3) is 11.1 Å². The van der Waals surface area contributed by atoms with E-state index in [1.165, 1.54) is 23.1 Å². The molecular formula is C24H24BN3O4S. The van der Waals surface area contributed by atoms with Gasteiger partial charge in [0.25, 0.3) is 0 Å². The van der Waals surface area contributed by atoms with Crippen molar-refractivity contribution in [1.82, 2.24) is 9.71 Å². The van der Waals surface area contributed by atoms with Gasteiger partial charge >= 0.3 is 13.1 Å². The number of pyridine rings is 1. The van der Waals surface area contributed by atoms with E-state index < -0.39 is 7.12 Å². The van der Waals surface area contributed by atoms with Crippen molar-refractivity contribution in [3.05, 3.63) is 65.4 Å². The minimum atomic E-state index is -0.893. The number of nitrogens with one attached hydrogen (secondary N) is 2. The Morgan fingerprint density at radius 2 is 2.12 bits per heavy atom. The molecule has 0 radical (unpaired) electrons. The zero-order chi connectivity index (χ0) is 22.9. The molecule has 33 heavy (non-hydrogen) atoms. The minimum absolute atomic E-state index is 0.184. The highest BCUT2D eigenvalue weighted by Gasteiger charge is 2.32. The van der Waals surface area contributed by atoms with E-state index in [0.29, 0.717) is 5.88 Å². The third-order valence-electron chi connectivity index (χ3n) is 6.13. The SMILES string of the molecule is COc1cc(-c2ccc3c(c2NC(=O)NSc2ccc4c(c2)C(C)OB4O)CCC3)ccn1. The van der Waals surface area contributed by atoms with Crippen LogP contribution in [0.4, 0.5) is 10.5 Å². The number of nitrogens with zero attached hydrogens (tertiary/aromatic N) is 1. The molecule has 2 aromatic carbocycles. The number of methoxy groups -OCH3 is 1. The number of aryl methyl sites for hydroxylation is 1. The fourth-order valence-electron chi connectivity index (χ4n) is 4.52. The third-order valence-corrected chi connectivity index (χ3v) is 6.91. The van der Waals surface area contributed by atoms with Crippen molar-refractivity contribution in [2.24, 2.45) is 0 Å². The number of ether oxygens (including phenoxy) is 1. The smallest absolute Gasteiger partial charge is 0.481 e. The maximum absolute atomic E-state index is 12.9. The van der Waals surface area contributed by atoms with E-state index in [2.05, 4.69) is 27.2 Å². The molecule has 7 nitrogen and oxygen atoms in total. The van der Waals surface area contributed by atoms with Crippen molar-refractivity contribution in [3.63, 3.8) is 0 Å². The first kappa shape index (κ1) is 21.8. The quantitative estimate of drug-likeness (QED) is 0.395. The molecule has 1 aliphatic carbocycles. The molecule has 0 bridgehead atoms. The number of aromatic nitrogens is 1. The summed E-state index contributed by atoms with van der Waals surface area (Å²) in [6.07, 6.45) is 4.54. The molecule has 0 saturated heterocycles. The normalized spacial score (nSPS) is 16.3. The summed E-state index contributed by atoms with van der Waals surface area (Å²) in [6.45, 7) is 1.90. The van der Waals surface area contributed by atoms with Crippen LogP contribution in [0.2, 0.25) is 0 Å². The average molecular weight is 461 g/mol. The van der Waals surface area contributed by atoms with E-state index >= 15 is 0 Å². The number of amides is 2. The van der Waals surface area contributed by atoms with Crippen molar-refractivity contribution >= 4 is 36.2 Å². The molecule has 0 spiro atoms. The first-order valence-electron chi connectivity index (χ1n) is 10.9. The number of fused-ring (bicyclic) bond motifs is 2. The lowest BCUT2D eigenvalue weighted by Crippen LogP contribution is -2.28. The summed E-state index contributed by atoms with van der Waals surface area (Å²) in [4.78, 5) is 18.0. The second kappa shape index (κ2) is 9.09. The van der Waals surface area contributed by atoms with E-state index in [-0.39, 0.29) is 12.1 Å². The molecule has 0 saturated carbocycles. The Morgan fingerprint density at radius 1 is 1.24 bits per heavy atom. The largest absolute Gasteiger partial charge is 0.491 e. The van der Waals surface area contributed by atoms with Crippen LogP contribution in [-0.4, -0.2) is 30.3 Å². The number of hydrogen-bond donors (Lipinski definition) is 3. The number of carbonyl (C=O) groups is 1. The van der Waals surface area contributed by atoms with Crippen LogP contribution in [0.15, 0.2) is 53.6 Å². The van der Waals surface area contributed by atoms with Gasteiger partial charge in [0.2, 0.25) is 5.88 Å². The van der Waals surface area contributed by atoms with Gasteiger partial charge in [-0.2, -0.15) is 0 Å². The highest BCUT2D eigenvalue weighted by molar-refractivity contribution is 7.98. The fraction of sp³-hybridized carbons (Fsp3) is 0.250. The zero-order valence-corrected chi connectivity index (χ0v) is 19.2. The second-order valence-corrected chi connectivity index (χ2v) is 9.03. The molecule has 2 aliphatic rings. The average Bonchev–Trinajstić information content (AvgIpc) is 3.42. The van der Waals surface area contributed by atoms with Crippen LogP contribution in [0, 0.1) is 0 Å². The van der Waals surface area contributed by atoms with Crippen molar-refractivity contribution in [1.29, 1.82) is 0 Å². The van der Waals surface area contributed by atoms with Gasteiger partial charge in [-0.05, 0) is 84.0 Å². The molecule has 1 atom stereocenters. The highest BCUT2D eigenvalue weighted by Crippen LogP contribution is 2.38. The molecule has 2 amide bonds. The summed E-state index contributed by atoms with van der Waals surface area (Å²) in [5.41, 5.74) is 6.86. The predicted octanol–water partition coefficient (Wildman–Crippen LogP) is 3.85. The van der Waals surface area contributed by atoms with E-state index in [1.807, 2.05) is 37.3 Å². The maximum Gasteiger partial charge on any atom is 0.491 e. The molecule has 1 unspecified atom stereocenters. The Morgan fingerprint density at radius 3 is 2.97 bits per heavy atom. The molecule has 3 N–H and O–H groups in total. The van der Waals surface area contributed by atoms with E-state index in [9.17, 15) is 9.82 Å². The van der Waals surface area contributed by atoms with Crippen LogP contribution in [-0.2, 0) is 17.5 Å². The summed E-state index contributed by atoms with van der Waals surface area (Å²) >= 11 is 1.23. The number of anilines is 1. The first-order valence-corrected chi connectivity index (χ1v) is 11.7. The molecular weight excluding hydrogens is 437 g/mol. The lowest BCUT2D eigenvalue weighted by Gasteiger charge is -2.17. The number of hydrogen-bond acceptors (Lipinski definition) is 6. The van der Waals surface area contributed by atoms with Gasteiger partial charge in [0.05, 0.1) is 18.9 Å². The lowest BCUT2D eigenvalue weighted by molar-refractivity contribution is 0.209. The van der Waals surface area contributed by atoms with Gasteiger partial charge < -0.3 is 19.7 Å². The standard InChI is InChI=1S/C24H24BN3O4S/c1-14-20-13-17(7-9-21(20)25(30)32-14)33-28-24(29)27-23-18-5-3-4-15(18)6-8-19(23)16-10-11-26-22(12-16)31-2/h6-14,30H,3-5H2,1-2H3,(H2,27,28,29). The Kier molecular flexibility index (Phi) is 6.01. The van der Waals surface area contributed by atoms with Crippen molar-refractivity contribution in [2.75, 3.05) is 12.4 Å². The Bertz CT molecular complexity index is 1220. The van der Waals surface area contributed by atoms with Gasteiger partial charge in [0, 0.05) is 22.7 Å². The van der Waals surface area contributed by atoms with Crippen LogP contribution in [0.3, 0.4) is 0 Å². The molecule has 5 rings (SSSR count). The molecule has 1 aromatic heterocycles. The molecule has 3 aromatic rings. The maximum atomic E-state index is 12.9. The second-order valence-electron chi connectivity index (χ2n) is 8.15. The minimum Gasteiger partial charge on any atom is -0.481 e. The fourth-order valence-corrected chi connectivity index (χ4v) is 5.10. The van der Waals surface area contributed by atoms with Gasteiger partial charge in [-0.3, -0.25) is 4.72 Å². The summed E-state index contributed by atoms with van der Waals surface area (Å²) in [6, 6.07) is 13.3. The summed E-state index contributed by atoms with van der Waals surface area (Å²) < 4.78 is 13.6. The van der Waals surface area contributed by atoms with Gasteiger partial charge in [-0.25, -0.2) is 9.78 Å². The van der Waals surface area contributed by atoms with Crippen LogP contribution in [0.5, 0.6) is 5.88 Å². The molecule has 1 aliphatic heterocycles. The lowest BCUT2D eigenvalue weighted by atomic mass is 9.79. The number of benzene rings is 2. The van der Waals surface area contributed by atoms with Crippen LogP contribution < -0.4 is 20.2 Å². The Hall–Kier alpha value is -3.01. The summed E-state index contributed by atoms with van der Waals surface area (Å²) in [5, 5.41) is 13.0. The number of urea groups is 1. The van der Waals surface area contributed by atoms with Crippen LogP contribution in [0.1, 0.15) is 36.1 Å². The number of rotatable bonds is 5. The van der Waals surface area contributed by atoms with Gasteiger partial charge in [0.15, 0.2) is 0 Å². The van der Waals surface area contributed by atoms with Crippen molar-refractivity contribution in [3.8, 4) is 17.0 Å². The van der Waals surface area contributed by atoms with Gasteiger partial charge in [-0.1, -0.05) is 18.2 Å². The number of carbonyl (C=O) groups excluding carboxylic acids is 1. The van der Waals surface area contributed by atoms with Gasteiger partial charge in [-0.15, -0.1) is 0 Å². The predicted molar refractivity (Wildman–Crippen MR) is 130 cm³/mol. The molecule has 168 valence electrons. The third kappa shape index (κ3) is 4.31. The van der Waals surface area contributed by atoms with Crippen LogP contribution >= 0.6 is 11.9 Å².